The molecule has 1 heterocycles. The fourth-order valence-electron chi connectivity index (χ4n) is 3.46. The van der Waals surface area contributed by atoms with Gasteiger partial charge in [-0.05, 0) is 18.1 Å². The van der Waals surface area contributed by atoms with Crippen LogP contribution in [0, 0.1) is 0 Å². The largest absolute Gasteiger partial charge is 0.465 e. The summed E-state index contributed by atoms with van der Waals surface area (Å²) in [4.78, 5) is 15.3. The zero-order valence-corrected chi connectivity index (χ0v) is 14.6. The molecule has 1 aliphatic heterocycles. The van der Waals surface area contributed by atoms with Crippen LogP contribution < -0.4 is 0 Å². The monoisotopic (exact) mass is 339 g/mol. The summed E-state index contributed by atoms with van der Waals surface area (Å²) in [6.07, 6.45) is 0. The Morgan fingerprint density at radius 3 is 2.12 bits per heavy atom. The number of hydrogen-bond donors (Lipinski definition) is 0. The molecule has 0 amide bonds. The van der Waals surface area contributed by atoms with E-state index in [9.17, 15) is 4.79 Å². The Morgan fingerprint density at radius 1 is 1.00 bits per heavy atom. The minimum absolute atomic E-state index is 0.0634. The quantitative estimate of drug-likeness (QED) is 0.756. The van der Waals surface area contributed by atoms with E-state index >= 15 is 0 Å². The second-order valence-electron chi connectivity index (χ2n) is 6.14. The van der Waals surface area contributed by atoms with Gasteiger partial charge in [0.25, 0.3) is 0 Å². The van der Waals surface area contributed by atoms with Gasteiger partial charge >= 0.3 is 5.97 Å². The van der Waals surface area contributed by atoms with Crippen LogP contribution in [-0.4, -0.2) is 43.8 Å². The van der Waals surface area contributed by atoms with E-state index in [1.165, 1.54) is 0 Å². The zero-order valence-electron chi connectivity index (χ0n) is 14.6. The van der Waals surface area contributed by atoms with Gasteiger partial charge in [0, 0.05) is 13.1 Å². The molecule has 4 nitrogen and oxygen atoms in total. The molecule has 0 saturated carbocycles. The van der Waals surface area contributed by atoms with Crippen molar-refractivity contribution in [1.82, 2.24) is 4.90 Å². The summed E-state index contributed by atoms with van der Waals surface area (Å²) >= 11 is 0. The third-order valence-electron chi connectivity index (χ3n) is 4.60. The molecule has 0 spiro atoms. The molecule has 132 valence electrons. The molecular weight excluding hydrogens is 314 g/mol. The van der Waals surface area contributed by atoms with E-state index in [1.54, 1.807) is 0 Å². The van der Waals surface area contributed by atoms with Crippen LogP contribution in [0.25, 0.3) is 0 Å². The molecule has 0 radical (unpaired) electrons. The number of ether oxygens (including phenoxy) is 2. The van der Waals surface area contributed by atoms with E-state index in [0.29, 0.717) is 19.8 Å². The van der Waals surface area contributed by atoms with E-state index in [1.807, 2.05) is 55.5 Å². The molecule has 0 aromatic heterocycles. The molecule has 0 N–H and O–H groups in total. The molecule has 3 rings (SSSR count). The van der Waals surface area contributed by atoms with Crippen molar-refractivity contribution >= 4 is 5.97 Å². The van der Waals surface area contributed by atoms with Crippen LogP contribution in [0.4, 0.5) is 0 Å². The van der Waals surface area contributed by atoms with Crippen molar-refractivity contribution in [1.29, 1.82) is 0 Å². The molecule has 0 bridgehead atoms. The molecule has 1 saturated heterocycles. The number of carbonyl (C=O) groups is 1. The predicted octanol–water partition coefficient (Wildman–Crippen LogP) is 3.41. The fraction of sp³-hybridized carbons (Fsp3) is 0.381. The van der Waals surface area contributed by atoms with Gasteiger partial charge in [0.1, 0.15) is 5.92 Å². The number of esters is 1. The molecule has 2 aromatic rings. The molecule has 25 heavy (non-hydrogen) atoms. The molecule has 1 fully saturated rings. The molecule has 0 aliphatic carbocycles. The lowest BCUT2D eigenvalue weighted by molar-refractivity contribution is -0.147. The number of nitrogens with zero attached hydrogens (tertiary/aromatic N) is 1. The summed E-state index contributed by atoms with van der Waals surface area (Å²) in [5, 5.41) is 0. The van der Waals surface area contributed by atoms with Gasteiger partial charge in [-0.3, -0.25) is 9.69 Å². The lowest BCUT2D eigenvalue weighted by Crippen LogP contribution is -2.43. The zero-order chi connectivity index (χ0) is 17.5. The van der Waals surface area contributed by atoms with Gasteiger partial charge < -0.3 is 9.47 Å². The molecule has 1 aliphatic rings. The Hall–Kier alpha value is -2.17. The van der Waals surface area contributed by atoms with Crippen LogP contribution >= 0.6 is 0 Å². The highest BCUT2D eigenvalue weighted by molar-refractivity contribution is 5.79. The maximum absolute atomic E-state index is 12.9. The van der Waals surface area contributed by atoms with E-state index in [-0.39, 0.29) is 17.9 Å². The first kappa shape index (κ1) is 17.6. The Balaban J connectivity index is 2.03. The molecule has 2 aromatic carbocycles. The fourth-order valence-corrected chi connectivity index (χ4v) is 3.46. The number of morpholine rings is 1. The van der Waals surface area contributed by atoms with Crippen LogP contribution in [0.2, 0.25) is 0 Å². The average Bonchev–Trinajstić information content (AvgIpc) is 2.68. The highest BCUT2D eigenvalue weighted by Crippen LogP contribution is 2.37. The van der Waals surface area contributed by atoms with Gasteiger partial charge in [-0.1, -0.05) is 60.7 Å². The lowest BCUT2D eigenvalue weighted by Gasteiger charge is -2.38. The number of benzene rings is 2. The molecular formula is C21H25NO3. The first-order valence-corrected chi connectivity index (χ1v) is 8.89. The first-order chi connectivity index (χ1) is 12.3. The van der Waals surface area contributed by atoms with Crippen LogP contribution in [0.1, 0.15) is 30.0 Å². The summed E-state index contributed by atoms with van der Waals surface area (Å²) < 4.78 is 11.0. The maximum atomic E-state index is 12.9. The number of hydrogen-bond acceptors (Lipinski definition) is 4. The standard InChI is InChI=1S/C21H25NO3/c1-2-25-21(23)19(17-9-5-3-6-10-17)20(18-11-7-4-8-12-18)22-13-15-24-16-14-22/h3-12,19-20H,2,13-16H2,1H3. The van der Waals surface area contributed by atoms with Crippen LogP contribution in [0.15, 0.2) is 60.7 Å². The van der Waals surface area contributed by atoms with Gasteiger partial charge in [0.2, 0.25) is 0 Å². The Morgan fingerprint density at radius 2 is 1.56 bits per heavy atom. The van der Waals surface area contributed by atoms with Crippen LogP contribution in [0.3, 0.4) is 0 Å². The van der Waals surface area contributed by atoms with Gasteiger partial charge in [0.15, 0.2) is 0 Å². The highest BCUT2D eigenvalue weighted by Gasteiger charge is 2.36. The van der Waals surface area contributed by atoms with Crippen molar-refractivity contribution < 1.29 is 14.3 Å². The lowest BCUT2D eigenvalue weighted by atomic mass is 9.85. The smallest absolute Gasteiger partial charge is 0.315 e. The van der Waals surface area contributed by atoms with E-state index < -0.39 is 0 Å². The Kier molecular flexibility index (Phi) is 6.20. The van der Waals surface area contributed by atoms with Crippen LogP contribution in [-0.2, 0) is 14.3 Å². The highest BCUT2D eigenvalue weighted by atomic mass is 16.5. The Labute approximate surface area is 149 Å². The minimum atomic E-state index is -0.360. The van der Waals surface area contributed by atoms with Crippen molar-refractivity contribution in [3.8, 4) is 0 Å². The van der Waals surface area contributed by atoms with Crippen molar-refractivity contribution in [3.05, 3.63) is 71.8 Å². The van der Waals surface area contributed by atoms with Crippen molar-refractivity contribution in [3.63, 3.8) is 0 Å². The third kappa shape index (κ3) is 4.27. The van der Waals surface area contributed by atoms with Crippen molar-refractivity contribution in [2.45, 2.75) is 18.9 Å². The minimum Gasteiger partial charge on any atom is -0.465 e. The third-order valence-corrected chi connectivity index (χ3v) is 4.60. The van der Waals surface area contributed by atoms with Gasteiger partial charge in [0.05, 0.1) is 25.9 Å². The number of carbonyl (C=O) groups excluding carboxylic acids is 1. The van der Waals surface area contributed by atoms with Crippen LogP contribution in [0.5, 0.6) is 0 Å². The van der Waals surface area contributed by atoms with E-state index in [0.717, 1.165) is 24.2 Å². The van der Waals surface area contributed by atoms with Gasteiger partial charge in [-0.2, -0.15) is 0 Å². The second kappa shape index (κ2) is 8.79. The average molecular weight is 339 g/mol. The predicted molar refractivity (Wildman–Crippen MR) is 97.4 cm³/mol. The number of rotatable bonds is 6. The van der Waals surface area contributed by atoms with E-state index in [2.05, 4.69) is 17.0 Å². The van der Waals surface area contributed by atoms with Gasteiger partial charge in [-0.25, -0.2) is 0 Å². The van der Waals surface area contributed by atoms with Crippen molar-refractivity contribution in [2.75, 3.05) is 32.9 Å². The van der Waals surface area contributed by atoms with E-state index in [4.69, 9.17) is 9.47 Å². The second-order valence-corrected chi connectivity index (χ2v) is 6.14. The summed E-state index contributed by atoms with van der Waals surface area (Å²) in [6.45, 7) is 5.23. The topological polar surface area (TPSA) is 38.8 Å². The van der Waals surface area contributed by atoms with Gasteiger partial charge in [-0.15, -0.1) is 0 Å². The summed E-state index contributed by atoms with van der Waals surface area (Å²) in [6, 6.07) is 20.1. The molecule has 2 atom stereocenters. The first-order valence-electron chi connectivity index (χ1n) is 8.89. The molecule has 2 unspecified atom stereocenters. The summed E-state index contributed by atoms with van der Waals surface area (Å²) in [5.74, 6) is -0.532. The van der Waals surface area contributed by atoms with Crippen molar-refractivity contribution in [2.24, 2.45) is 0 Å². The normalized spacial score (nSPS) is 17.6. The molecule has 4 heteroatoms. The summed E-state index contributed by atoms with van der Waals surface area (Å²) in [7, 11) is 0. The summed E-state index contributed by atoms with van der Waals surface area (Å²) in [5.41, 5.74) is 2.12. The Bertz CT molecular complexity index is 653. The SMILES string of the molecule is CCOC(=O)C(c1ccccc1)C(c1ccccc1)N1CCOCC1. The maximum Gasteiger partial charge on any atom is 0.315 e.